The van der Waals surface area contributed by atoms with Gasteiger partial charge >= 0.3 is 5.63 Å². The lowest BCUT2D eigenvalue weighted by molar-refractivity contribution is 0.416. The molecular weight excluding hydrogens is 384 g/mol. The summed E-state index contributed by atoms with van der Waals surface area (Å²) in [4.78, 5) is 16.9. The summed E-state index contributed by atoms with van der Waals surface area (Å²) < 4.78 is 10.8. The van der Waals surface area contributed by atoms with Crippen LogP contribution in [0.5, 0.6) is 5.75 Å². The highest BCUT2D eigenvalue weighted by atomic mass is 35.5. The number of thiazole rings is 1. The topological polar surface area (TPSA) is 64.4 Å². The van der Waals surface area contributed by atoms with Crippen LogP contribution in [0, 0.1) is 6.92 Å². The summed E-state index contributed by atoms with van der Waals surface area (Å²) in [6, 6.07) is 12.9. The van der Waals surface area contributed by atoms with Crippen molar-refractivity contribution in [2.24, 2.45) is 0 Å². The highest BCUT2D eigenvalue weighted by molar-refractivity contribution is 7.14. The third-order valence-corrected chi connectivity index (χ3v) is 5.14. The molecule has 0 saturated heterocycles. The van der Waals surface area contributed by atoms with Crippen LogP contribution in [0.2, 0.25) is 5.02 Å². The average molecular weight is 399 g/mol. The molecule has 4 aromatic rings. The summed E-state index contributed by atoms with van der Waals surface area (Å²) in [7, 11) is 1.62. The van der Waals surface area contributed by atoms with Crippen molar-refractivity contribution in [1.82, 2.24) is 4.98 Å². The first kappa shape index (κ1) is 17.6. The van der Waals surface area contributed by atoms with Gasteiger partial charge in [0.25, 0.3) is 0 Å². The van der Waals surface area contributed by atoms with Gasteiger partial charge in [-0.25, -0.2) is 9.78 Å². The minimum absolute atomic E-state index is 0.381. The molecule has 0 aliphatic carbocycles. The average Bonchev–Trinajstić information content (AvgIpc) is 3.10. The number of fused-ring (bicyclic) bond motifs is 1. The second kappa shape index (κ2) is 7.06. The van der Waals surface area contributed by atoms with E-state index >= 15 is 0 Å². The molecule has 0 bridgehead atoms. The van der Waals surface area contributed by atoms with E-state index in [0.717, 1.165) is 22.4 Å². The number of benzene rings is 2. The lowest BCUT2D eigenvalue weighted by Crippen LogP contribution is -2.03. The normalized spacial score (nSPS) is 10.9. The number of anilines is 2. The molecule has 5 nitrogen and oxygen atoms in total. The molecule has 0 amide bonds. The van der Waals surface area contributed by atoms with Gasteiger partial charge in [0.1, 0.15) is 5.75 Å². The largest absolute Gasteiger partial charge is 0.495 e. The van der Waals surface area contributed by atoms with E-state index in [1.807, 2.05) is 42.6 Å². The van der Waals surface area contributed by atoms with Gasteiger partial charge < -0.3 is 14.5 Å². The summed E-state index contributed by atoms with van der Waals surface area (Å²) in [5, 5.41) is 6.87. The lowest BCUT2D eigenvalue weighted by Gasteiger charge is -2.09. The van der Waals surface area contributed by atoms with Gasteiger partial charge in [-0.2, -0.15) is 0 Å². The minimum atomic E-state index is -0.472. The number of nitrogens with zero attached hydrogens (tertiary/aromatic N) is 1. The lowest BCUT2D eigenvalue weighted by atomic mass is 10.1. The van der Waals surface area contributed by atoms with E-state index in [-0.39, 0.29) is 0 Å². The number of methoxy groups -OCH3 is 1. The standard InChI is InChI=1S/C20H15ClN2O3S/c1-11-6-7-17(25-2)15(8-11)22-20-23-16(10-27-20)13-9-12-4-3-5-14(21)18(12)26-19(13)24/h3-10H,1-2H3,(H,22,23). The van der Waals surface area contributed by atoms with E-state index in [0.29, 0.717) is 27.0 Å². The van der Waals surface area contributed by atoms with Crippen LogP contribution in [0.15, 0.2) is 57.1 Å². The van der Waals surface area contributed by atoms with Crippen molar-refractivity contribution < 1.29 is 9.15 Å². The molecule has 7 heteroatoms. The first-order valence-corrected chi connectivity index (χ1v) is 9.41. The second-order valence-corrected chi connectivity index (χ2v) is 7.24. The molecule has 2 heterocycles. The maximum absolute atomic E-state index is 12.4. The summed E-state index contributed by atoms with van der Waals surface area (Å²) >= 11 is 7.49. The smallest absolute Gasteiger partial charge is 0.345 e. The first-order chi connectivity index (χ1) is 13.0. The number of para-hydroxylation sites is 1. The highest BCUT2D eigenvalue weighted by Gasteiger charge is 2.14. The Hall–Kier alpha value is -2.83. The molecule has 27 heavy (non-hydrogen) atoms. The van der Waals surface area contributed by atoms with Crippen molar-refractivity contribution in [3.05, 3.63) is 68.9 Å². The maximum Gasteiger partial charge on any atom is 0.345 e. The Labute approximate surface area is 164 Å². The molecule has 0 radical (unpaired) electrons. The first-order valence-electron chi connectivity index (χ1n) is 8.15. The van der Waals surface area contributed by atoms with Crippen LogP contribution < -0.4 is 15.7 Å². The van der Waals surface area contributed by atoms with E-state index in [9.17, 15) is 4.79 Å². The Balaban J connectivity index is 1.71. The van der Waals surface area contributed by atoms with Crippen LogP contribution in [-0.2, 0) is 0 Å². The van der Waals surface area contributed by atoms with Crippen molar-refractivity contribution in [2.45, 2.75) is 6.92 Å². The fraction of sp³-hybridized carbons (Fsp3) is 0.100. The third-order valence-electron chi connectivity index (χ3n) is 4.09. The summed E-state index contributed by atoms with van der Waals surface area (Å²) in [5.74, 6) is 0.720. The third kappa shape index (κ3) is 3.41. The van der Waals surface area contributed by atoms with Crippen LogP contribution in [0.3, 0.4) is 0 Å². The molecule has 0 spiro atoms. The van der Waals surface area contributed by atoms with Crippen LogP contribution in [-0.4, -0.2) is 12.1 Å². The van der Waals surface area contributed by atoms with Gasteiger partial charge in [-0.15, -0.1) is 11.3 Å². The zero-order valence-electron chi connectivity index (χ0n) is 14.6. The number of aryl methyl sites for hydroxylation is 1. The minimum Gasteiger partial charge on any atom is -0.495 e. The zero-order chi connectivity index (χ0) is 19.0. The summed E-state index contributed by atoms with van der Waals surface area (Å²) in [6.45, 7) is 2.00. The van der Waals surface area contributed by atoms with E-state index in [4.69, 9.17) is 20.8 Å². The number of rotatable bonds is 4. The molecular formula is C20H15ClN2O3S. The van der Waals surface area contributed by atoms with Crippen LogP contribution in [0.1, 0.15) is 5.56 Å². The molecule has 0 fully saturated rings. The van der Waals surface area contributed by atoms with Gasteiger partial charge in [0.15, 0.2) is 10.7 Å². The van der Waals surface area contributed by atoms with Crippen molar-refractivity contribution in [3.63, 3.8) is 0 Å². The van der Waals surface area contributed by atoms with Crippen molar-refractivity contribution in [3.8, 4) is 17.0 Å². The monoisotopic (exact) mass is 398 g/mol. The fourth-order valence-corrected chi connectivity index (χ4v) is 3.72. The summed E-state index contributed by atoms with van der Waals surface area (Å²) in [6.07, 6.45) is 0. The second-order valence-electron chi connectivity index (χ2n) is 5.97. The molecule has 0 saturated carbocycles. The van der Waals surface area contributed by atoms with E-state index in [1.165, 1.54) is 11.3 Å². The molecule has 0 aliphatic heterocycles. The molecule has 4 rings (SSSR count). The van der Waals surface area contributed by atoms with Crippen molar-refractivity contribution >= 4 is 44.7 Å². The Kier molecular flexibility index (Phi) is 4.59. The zero-order valence-corrected chi connectivity index (χ0v) is 16.1. The van der Waals surface area contributed by atoms with Crippen molar-refractivity contribution in [2.75, 3.05) is 12.4 Å². The van der Waals surface area contributed by atoms with Gasteiger partial charge in [-0.05, 0) is 36.8 Å². The number of hydrogen-bond acceptors (Lipinski definition) is 6. The van der Waals surface area contributed by atoms with E-state index in [1.54, 1.807) is 19.2 Å². The molecule has 0 aliphatic rings. The number of halogens is 1. The quantitative estimate of drug-likeness (QED) is 0.451. The predicted molar refractivity (Wildman–Crippen MR) is 110 cm³/mol. The molecule has 0 unspecified atom stereocenters. The Morgan fingerprint density at radius 3 is 2.89 bits per heavy atom. The van der Waals surface area contributed by atoms with Crippen LogP contribution in [0.4, 0.5) is 10.8 Å². The molecule has 2 aromatic heterocycles. The van der Waals surface area contributed by atoms with E-state index < -0.39 is 5.63 Å². The Morgan fingerprint density at radius 1 is 1.22 bits per heavy atom. The van der Waals surface area contributed by atoms with Gasteiger partial charge in [-0.3, -0.25) is 0 Å². The predicted octanol–water partition coefficient (Wildman–Crippen LogP) is 5.63. The highest BCUT2D eigenvalue weighted by Crippen LogP contribution is 2.32. The van der Waals surface area contributed by atoms with E-state index in [2.05, 4.69) is 10.3 Å². The molecule has 1 N–H and O–H groups in total. The Morgan fingerprint density at radius 2 is 2.07 bits per heavy atom. The molecule has 0 atom stereocenters. The summed E-state index contributed by atoms with van der Waals surface area (Å²) in [5.41, 5.74) is 2.76. The number of ether oxygens (including phenoxy) is 1. The SMILES string of the molecule is COc1ccc(C)cc1Nc1nc(-c2cc3cccc(Cl)c3oc2=O)cs1. The fourth-order valence-electron chi connectivity index (χ4n) is 2.78. The van der Waals surface area contributed by atoms with Gasteiger partial charge in [0.05, 0.1) is 29.1 Å². The number of nitrogens with one attached hydrogen (secondary N) is 1. The number of aromatic nitrogens is 1. The molecule has 136 valence electrons. The maximum atomic E-state index is 12.4. The van der Waals surface area contributed by atoms with Crippen LogP contribution >= 0.6 is 22.9 Å². The Bertz CT molecular complexity index is 1200. The van der Waals surface area contributed by atoms with Gasteiger partial charge in [0.2, 0.25) is 0 Å². The van der Waals surface area contributed by atoms with Crippen LogP contribution in [0.25, 0.3) is 22.2 Å². The van der Waals surface area contributed by atoms with Crippen molar-refractivity contribution in [1.29, 1.82) is 0 Å². The number of hydrogen-bond donors (Lipinski definition) is 1. The van der Waals surface area contributed by atoms with Gasteiger partial charge in [-0.1, -0.05) is 29.8 Å². The molecule has 2 aromatic carbocycles. The van der Waals surface area contributed by atoms with Gasteiger partial charge in [0, 0.05) is 10.8 Å².